The van der Waals surface area contributed by atoms with Crippen LogP contribution in [0.3, 0.4) is 0 Å². The summed E-state index contributed by atoms with van der Waals surface area (Å²) in [5.41, 5.74) is -1.80. The Hall–Kier alpha value is -2.39. The van der Waals surface area contributed by atoms with Gasteiger partial charge in [-0.25, -0.2) is 0 Å². The van der Waals surface area contributed by atoms with Gasteiger partial charge in [0.05, 0.1) is 17.4 Å². The minimum atomic E-state index is -4.64. The molecule has 0 aliphatic heterocycles. The molecule has 1 aromatic carbocycles. The summed E-state index contributed by atoms with van der Waals surface area (Å²) in [6.07, 6.45) is -1.63. The molecule has 1 atom stereocenters. The highest BCUT2D eigenvalue weighted by Crippen LogP contribution is 2.44. The lowest BCUT2D eigenvalue weighted by atomic mass is 9.84. The number of aliphatic hydroxyl groups excluding tert-OH is 1. The number of anilines is 1. The van der Waals surface area contributed by atoms with E-state index in [1.165, 1.54) is 23.5 Å². The number of hydrogen-bond acceptors (Lipinski definition) is 4. The standard InChI is InChI=1S/C21H23F3N2O3S/c1-13(27)16-8-9-17(30-16)20(10-4-5-11-20)12-25-18(28)19(29)26-15-7-3-2-6-14(15)21(22,23)24/h2-3,6-9,13,27H,4-5,10-12H2,1H3,(H,25,28)(H,26,29)/t13-/m0/s1. The van der Waals surface area contributed by atoms with Crippen molar-refractivity contribution in [1.29, 1.82) is 0 Å². The summed E-state index contributed by atoms with van der Waals surface area (Å²) in [4.78, 5) is 26.4. The van der Waals surface area contributed by atoms with E-state index in [1.807, 2.05) is 12.1 Å². The summed E-state index contributed by atoms with van der Waals surface area (Å²) >= 11 is 1.48. The van der Waals surface area contributed by atoms with Gasteiger partial charge in [0, 0.05) is 21.7 Å². The fourth-order valence-corrected chi connectivity index (χ4v) is 4.96. The Bertz CT molecular complexity index is 918. The average Bonchev–Trinajstić information content (AvgIpc) is 3.36. The number of rotatable bonds is 5. The van der Waals surface area contributed by atoms with Gasteiger partial charge in [0.1, 0.15) is 0 Å². The summed E-state index contributed by atoms with van der Waals surface area (Å²) in [6, 6.07) is 8.31. The van der Waals surface area contributed by atoms with Crippen LogP contribution >= 0.6 is 11.3 Å². The van der Waals surface area contributed by atoms with Gasteiger partial charge < -0.3 is 15.7 Å². The van der Waals surface area contributed by atoms with Crippen LogP contribution in [0.25, 0.3) is 0 Å². The molecule has 1 saturated carbocycles. The van der Waals surface area contributed by atoms with Crippen LogP contribution in [0, 0.1) is 0 Å². The molecule has 1 fully saturated rings. The average molecular weight is 440 g/mol. The lowest BCUT2D eigenvalue weighted by molar-refractivity contribution is -0.138. The van der Waals surface area contributed by atoms with Gasteiger partial charge >= 0.3 is 18.0 Å². The monoisotopic (exact) mass is 440 g/mol. The minimum Gasteiger partial charge on any atom is -0.388 e. The maximum atomic E-state index is 13.1. The first-order chi connectivity index (χ1) is 14.1. The van der Waals surface area contributed by atoms with Gasteiger partial charge in [0.25, 0.3) is 0 Å². The van der Waals surface area contributed by atoms with Gasteiger partial charge in [-0.15, -0.1) is 11.3 Å². The van der Waals surface area contributed by atoms with Crippen LogP contribution in [0.1, 0.15) is 54.0 Å². The summed E-state index contributed by atoms with van der Waals surface area (Å²) < 4.78 is 39.2. The van der Waals surface area contributed by atoms with E-state index in [-0.39, 0.29) is 12.0 Å². The first kappa shape index (κ1) is 22.3. The van der Waals surface area contributed by atoms with E-state index in [0.717, 1.165) is 47.6 Å². The van der Waals surface area contributed by atoms with Crippen molar-refractivity contribution in [3.05, 3.63) is 51.7 Å². The number of alkyl halides is 3. The summed E-state index contributed by atoms with van der Waals surface area (Å²) in [6.45, 7) is 1.89. The van der Waals surface area contributed by atoms with Crippen molar-refractivity contribution >= 4 is 28.8 Å². The molecule has 0 bridgehead atoms. The number of amides is 2. The van der Waals surface area contributed by atoms with Gasteiger partial charge in [-0.2, -0.15) is 13.2 Å². The van der Waals surface area contributed by atoms with Crippen molar-refractivity contribution in [3.8, 4) is 0 Å². The van der Waals surface area contributed by atoms with Gasteiger partial charge in [0.2, 0.25) is 0 Å². The largest absolute Gasteiger partial charge is 0.418 e. The molecule has 1 aliphatic rings. The smallest absolute Gasteiger partial charge is 0.388 e. The SMILES string of the molecule is C[C@H](O)c1ccc(C2(CNC(=O)C(=O)Nc3ccccc3C(F)(F)F)CCCC2)s1. The highest BCUT2D eigenvalue weighted by atomic mass is 32.1. The van der Waals surface area contributed by atoms with Crippen LogP contribution in [-0.4, -0.2) is 23.5 Å². The van der Waals surface area contributed by atoms with Crippen molar-refractivity contribution in [3.63, 3.8) is 0 Å². The first-order valence-electron chi connectivity index (χ1n) is 9.66. The molecule has 30 heavy (non-hydrogen) atoms. The number of nitrogens with one attached hydrogen (secondary N) is 2. The zero-order valence-electron chi connectivity index (χ0n) is 16.4. The fourth-order valence-electron chi connectivity index (χ4n) is 3.77. The number of para-hydroxylation sites is 1. The zero-order valence-corrected chi connectivity index (χ0v) is 17.2. The molecule has 9 heteroatoms. The second-order valence-corrected chi connectivity index (χ2v) is 8.66. The molecule has 0 spiro atoms. The van der Waals surface area contributed by atoms with Crippen LogP contribution in [0.2, 0.25) is 0 Å². The van der Waals surface area contributed by atoms with Crippen molar-refractivity contribution in [2.24, 2.45) is 0 Å². The van der Waals surface area contributed by atoms with Crippen LogP contribution in [0.5, 0.6) is 0 Å². The second kappa shape index (κ2) is 8.77. The third-order valence-corrected chi connectivity index (χ3v) is 6.90. The van der Waals surface area contributed by atoms with Gasteiger partial charge in [-0.05, 0) is 44.0 Å². The molecule has 1 aliphatic carbocycles. The Morgan fingerprint density at radius 3 is 2.40 bits per heavy atom. The third kappa shape index (κ3) is 4.84. The molecule has 162 valence electrons. The van der Waals surface area contributed by atoms with E-state index in [4.69, 9.17) is 0 Å². The summed E-state index contributed by atoms with van der Waals surface area (Å²) in [7, 11) is 0. The van der Waals surface area contributed by atoms with Crippen molar-refractivity contribution in [2.75, 3.05) is 11.9 Å². The van der Waals surface area contributed by atoms with E-state index in [1.54, 1.807) is 6.92 Å². The summed E-state index contributed by atoms with van der Waals surface area (Å²) in [5.74, 6) is -2.12. The number of hydrogen-bond donors (Lipinski definition) is 3. The van der Waals surface area contributed by atoms with Gasteiger partial charge in [-0.3, -0.25) is 9.59 Å². The summed E-state index contributed by atoms with van der Waals surface area (Å²) in [5, 5.41) is 14.4. The molecule has 3 N–H and O–H groups in total. The van der Waals surface area contributed by atoms with Crippen molar-refractivity contribution < 1.29 is 27.9 Å². The molecule has 1 aromatic heterocycles. The van der Waals surface area contributed by atoms with Crippen LogP contribution < -0.4 is 10.6 Å². The Morgan fingerprint density at radius 2 is 1.80 bits per heavy atom. The molecule has 0 saturated heterocycles. The topological polar surface area (TPSA) is 78.4 Å². The quantitative estimate of drug-likeness (QED) is 0.604. The Balaban J connectivity index is 1.69. The lowest BCUT2D eigenvalue weighted by Crippen LogP contribution is -2.43. The second-order valence-electron chi connectivity index (χ2n) is 7.55. The first-order valence-corrected chi connectivity index (χ1v) is 10.5. The van der Waals surface area contributed by atoms with E-state index >= 15 is 0 Å². The predicted molar refractivity (Wildman–Crippen MR) is 108 cm³/mol. The predicted octanol–water partition coefficient (Wildman–Crippen LogP) is 4.39. The van der Waals surface area contributed by atoms with E-state index in [0.29, 0.717) is 0 Å². The highest BCUT2D eigenvalue weighted by Gasteiger charge is 2.38. The van der Waals surface area contributed by atoms with Crippen molar-refractivity contribution in [2.45, 2.75) is 50.3 Å². The molecular formula is C21H23F3N2O3S. The Kier molecular flexibility index (Phi) is 6.52. The minimum absolute atomic E-state index is 0.208. The molecule has 0 radical (unpaired) electrons. The molecular weight excluding hydrogens is 417 g/mol. The van der Waals surface area contributed by atoms with Gasteiger partial charge in [0.15, 0.2) is 0 Å². The maximum absolute atomic E-state index is 13.1. The Labute approximate surface area is 176 Å². The van der Waals surface area contributed by atoms with Crippen LogP contribution in [0.4, 0.5) is 18.9 Å². The van der Waals surface area contributed by atoms with E-state index in [2.05, 4.69) is 10.6 Å². The van der Waals surface area contributed by atoms with E-state index in [9.17, 15) is 27.9 Å². The zero-order chi connectivity index (χ0) is 21.9. The van der Waals surface area contributed by atoms with Crippen molar-refractivity contribution in [1.82, 2.24) is 5.32 Å². The van der Waals surface area contributed by atoms with Crippen LogP contribution in [-0.2, 0) is 21.2 Å². The third-order valence-electron chi connectivity index (χ3n) is 5.40. The number of aliphatic hydroxyl groups is 1. The molecule has 1 heterocycles. The van der Waals surface area contributed by atoms with E-state index < -0.39 is 35.3 Å². The number of halogens is 3. The maximum Gasteiger partial charge on any atom is 0.418 e. The highest BCUT2D eigenvalue weighted by molar-refractivity contribution is 7.12. The fraction of sp³-hybridized carbons (Fsp3) is 0.429. The number of carbonyl (C=O) groups excluding carboxylic acids is 2. The van der Waals surface area contributed by atoms with Gasteiger partial charge in [-0.1, -0.05) is 25.0 Å². The van der Waals surface area contributed by atoms with Crippen LogP contribution in [0.15, 0.2) is 36.4 Å². The lowest BCUT2D eigenvalue weighted by Gasteiger charge is -2.28. The molecule has 0 unspecified atom stereocenters. The molecule has 5 nitrogen and oxygen atoms in total. The normalized spacial score (nSPS) is 16.8. The molecule has 2 amide bonds. The number of carbonyl (C=O) groups is 2. The number of benzene rings is 1. The molecule has 2 aromatic rings. The Morgan fingerprint density at radius 1 is 1.13 bits per heavy atom. The number of thiophene rings is 1. The molecule has 3 rings (SSSR count).